The van der Waals surface area contributed by atoms with Crippen molar-refractivity contribution in [3.05, 3.63) is 96.1 Å². The quantitative estimate of drug-likeness (QED) is 0.480. The van der Waals surface area contributed by atoms with Crippen LogP contribution in [-0.4, -0.2) is 57.6 Å². The van der Waals surface area contributed by atoms with E-state index < -0.39 is 0 Å². The fourth-order valence-electron chi connectivity index (χ4n) is 4.20. The maximum Gasteiger partial charge on any atom is 0.289 e. The number of amides is 2. The lowest BCUT2D eigenvalue weighted by molar-refractivity contribution is 0.0518. The molecular formula is C26H24N4O3. The molecule has 2 amide bonds. The van der Waals surface area contributed by atoms with Crippen molar-refractivity contribution in [3.8, 4) is 16.9 Å². The Kier molecular flexibility index (Phi) is 5.52. The Morgan fingerprint density at radius 3 is 2.00 bits per heavy atom. The third kappa shape index (κ3) is 3.93. The summed E-state index contributed by atoms with van der Waals surface area (Å²) >= 11 is 0. The molecule has 0 spiro atoms. The molecule has 0 aliphatic carbocycles. The molecule has 0 radical (unpaired) electrons. The van der Waals surface area contributed by atoms with Crippen LogP contribution in [0.1, 0.15) is 26.6 Å². The number of piperazine rings is 1. The van der Waals surface area contributed by atoms with E-state index in [1.165, 1.54) is 6.26 Å². The van der Waals surface area contributed by atoms with Crippen LogP contribution in [-0.2, 0) is 0 Å². The van der Waals surface area contributed by atoms with E-state index in [-0.39, 0.29) is 11.8 Å². The summed E-state index contributed by atoms with van der Waals surface area (Å²) in [6.45, 7) is 3.75. The summed E-state index contributed by atoms with van der Waals surface area (Å²) in [5.41, 5.74) is 3.84. The molecule has 0 saturated carbocycles. The molecule has 2 aromatic carbocycles. The van der Waals surface area contributed by atoms with Crippen LogP contribution in [0.2, 0.25) is 0 Å². The minimum absolute atomic E-state index is 0.0707. The molecule has 0 unspecified atom stereocenters. The second kappa shape index (κ2) is 8.78. The smallest absolute Gasteiger partial charge is 0.289 e. The number of aromatic nitrogens is 2. The third-order valence-electron chi connectivity index (χ3n) is 5.96. The van der Waals surface area contributed by atoms with Gasteiger partial charge in [-0.15, -0.1) is 0 Å². The number of furan rings is 1. The van der Waals surface area contributed by atoms with Crippen molar-refractivity contribution >= 4 is 11.8 Å². The van der Waals surface area contributed by atoms with Gasteiger partial charge in [0.25, 0.3) is 11.8 Å². The molecule has 33 heavy (non-hydrogen) atoms. The van der Waals surface area contributed by atoms with Crippen molar-refractivity contribution in [2.45, 2.75) is 6.92 Å². The predicted molar refractivity (Wildman–Crippen MR) is 124 cm³/mol. The molecule has 0 N–H and O–H groups in total. The minimum atomic E-state index is -0.148. The molecule has 7 nitrogen and oxygen atoms in total. The van der Waals surface area contributed by atoms with E-state index in [4.69, 9.17) is 9.52 Å². The number of rotatable bonds is 4. The van der Waals surface area contributed by atoms with Crippen LogP contribution < -0.4 is 0 Å². The summed E-state index contributed by atoms with van der Waals surface area (Å²) < 4.78 is 7.06. The molecule has 0 atom stereocenters. The lowest BCUT2D eigenvalue weighted by Crippen LogP contribution is -2.50. The first-order valence-electron chi connectivity index (χ1n) is 11.0. The molecule has 0 bridgehead atoms. The standard InChI is InChI=1S/C26H24N4O3/c1-19-23(26(32)29-16-14-28(15-17-29)25(31)22-13-8-18-33-22)24(20-9-4-2-5-10-20)27-30(19)21-11-6-3-7-12-21/h2-13,18H,14-17H2,1H3. The molecule has 1 saturated heterocycles. The van der Waals surface area contributed by atoms with E-state index in [0.29, 0.717) is 43.2 Å². The number of benzene rings is 2. The first-order chi connectivity index (χ1) is 16.1. The van der Waals surface area contributed by atoms with Crippen LogP contribution in [0.25, 0.3) is 16.9 Å². The van der Waals surface area contributed by atoms with E-state index in [0.717, 1.165) is 16.9 Å². The first-order valence-corrected chi connectivity index (χ1v) is 11.0. The Morgan fingerprint density at radius 1 is 0.788 bits per heavy atom. The normalized spacial score (nSPS) is 13.8. The van der Waals surface area contributed by atoms with Crippen molar-refractivity contribution in [3.63, 3.8) is 0 Å². The van der Waals surface area contributed by atoms with Gasteiger partial charge in [0.15, 0.2) is 5.76 Å². The van der Waals surface area contributed by atoms with Gasteiger partial charge in [-0.1, -0.05) is 48.5 Å². The predicted octanol–water partition coefficient (Wildman–Crippen LogP) is 4.04. The van der Waals surface area contributed by atoms with Crippen LogP contribution in [0.15, 0.2) is 83.5 Å². The van der Waals surface area contributed by atoms with Gasteiger partial charge in [-0.25, -0.2) is 4.68 Å². The fraction of sp³-hybridized carbons (Fsp3) is 0.192. The first kappa shape index (κ1) is 20.8. The van der Waals surface area contributed by atoms with Gasteiger partial charge < -0.3 is 14.2 Å². The van der Waals surface area contributed by atoms with Crippen molar-refractivity contribution in [1.29, 1.82) is 0 Å². The van der Waals surface area contributed by atoms with Crippen LogP contribution in [0.3, 0.4) is 0 Å². The zero-order valence-corrected chi connectivity index (χ0v) is 18.3. The summed E-state index contributed by atoms with van der Waals surface area (Å²) in [4.78, 5) is 29.8. The number of carbonyl (C=O) groups excluding carboxylic acids is 2. The van der Waals surface area contributed by atoms with Gasteiger partial charge in [-0.05, 0) is 31.2 Å². The van der Waals surface area contributed by atoms with Crippen LogP contribution >= 0.6 is 0 Å². The highest BCUT2D eigenvalue weighted by atomic mass is 16.3. The number of carbonyl (C=O) groups is 2. The van der Waals surface area contributed by atoms with Crippen molar-refractivity contribution in [2.24, 2.45) is 0 Å². The van der Waals surface area contributed by atoms with Gasteiger partial charge in [0, 0.05) is 31.7 Å². The highest BCUT2D eigenvalue weighted by Gasteiger charge is 2.31. The van der Waals surface area contributed by atoms with E-state index in [1.807, 2.05) is 72.3 Å². The number of nitrogens with zero attached hydrogens (tertiary/aromatic N) is 4. The highest BCUT2D eigenvalue weighted by Crippen LogP contribution is 2.29. The largest absolute Gasteiger partial charge is 0.459 e. The van der Waals surface area contributed by atoms with Gasteiger partial charge in [0.2, 0.25) is 0 Å². The van der Waals surface area contributed by atoms with Gasteiger partial charge in [-0.3, -0.25) is 9.59 Å². The van der Waals surface area contributed by atoms with E-state index in [2.05, 4.69) is 0 Å². The molecule has 2 aromatic heterocycles. The molecular weight excluding hydrogens is 416 g/mol. The third-order valence-corrected chi connectivity index (χ3v) is 5.96. The van der Waals surface area contributed by atoms with Crippen LogP contribution in [0.5, 0.6) is 0 Å². The van der Waals surface area contributed by atoms with Gasteiger partial charge in [0.1, 0.15) is 5.69 Å². The van der Waals surface area contributed by atoms with Gasteiger partial charge >= 0.3 is 0 Å². The van der Waals surface area contributed by atoms with Gasteiger partial charge in [0.05, 0.1) is 23.2 Å². The topological polar surface area (TPSA) is 71.6 Å². The lowest BCUT2D eigenvalue weighted by Gasteiger charge is -2.34. The second-order valence-electron chi connectivity index (χ2n) is 7.98. The molecule has 3 heterocycles. The maximum atomic E-state index is 13.7. The summed E-state index contributed by atoms with van der Waals surface area (Å²) in [6.07, 6.45) is 1.49. The molecule has 5 rings (SSSR count). The van der Waals surface area contributed by atoms with Crippen molar-refractivity contribution in [1.82, 2.24) is 19.6 Å². The highest BCUT2D eigenvalue weighted by molar-refractivity contribution is 6.01. The Bertz CT molecular complexity index is 1260. The summed E-state index contributed by atoms with van der Waals surface area (Å²) in [7, 11) is 0. The van der Waals surface area contributed by atoms with Crippen molar-refractivity contribution in [2.75, 3.05) is 26.2 Å². The zero-order valence-electron chi connectivity index (χ0n) is 18.3. The van der Waals surface area contributed by atoms with E-state index >= 15 is 0 Å². The molecule has 4 aromatic rings. The summed E-state index contributed by atoms with van der Waals surface area (Å²) in [5, 5.41) is 4.84. The minimum Gasteiger partial charge on any atom is -0.459 e. The summed E-state index contributed by atoms with van der Waals surface area (Å²) in [5.74, 6) is 0.102. The molecule has 1 aliphatic rings. The monoisotopic (exact) mass is 440 g/mol. The number of para-hydroxylation sites is 1. The summed E-state index contributed by atoms with van der Waals surface area (Å²) in [6, 6.07) is 22.9. The van der Waals surface area contributed by atoms with Crippen molar-refractivity contribution < 1.29 is 14.0 Å². The SMILES string of the molecule is Cc1c(C(=O)N2CCN(C(=O)c3ccco3)CC2)c(-c2ccccc2)nn1-c1ccccc1. The van der Waals surface area contributed by atoms with Gasteiger partial charge in [-0.2, -0.15) is 5.10 Å². The van der Waals surface area contributed by atoms with E-state index in [9.17, 15) is 9.59 Å². The number of hydrogen-bond acceptors (Lipinski definition) is 4. The Balaban J connectivity index is 1.44. The second-order valence-corrected chi connectivity index (χ2v) is 7.98. The Labute approximate surface area is 191 Å². The molecule has 7 heteroatoms. The van der Waals surface area contributed by atoms with E-state index in [1.54, 1.807) is 21.9 Å². The Morgan fingerprint density at radius 2 is 1.39 bits per heavy atom. The number of hydrogen-bond donors (Lipinski definition) is 0. The van der Waals surface area contributed by atoms with Crippen LogP contribution in [0.4, 0.5) is 0 Å². The lowest BCUT2D eigenvalue weighted by atomic mass is 10.0. The van der Waals surface area contributed by atoms with Crippen LogP contribution in [0, 0.1) is 6.92 Å². The fourth-order valence-corrected chi connectivity index (χ4v) is 4.20. The molecule has 1 fully saturated rings. The molecule has 166 valence electrons. The zero-order chi connectivity index (χ0) is 22.8. The Hall–Kier alpha value is -4.13. The average molecular weight is 441 g/mol. The molecule has 1 aliphatic heterocycles. The maximum absolute atomic E-state index is 13.7. The average Bonchev–Trinajstić information content (AvgIpc) is 3.53.